The van der Waals surface area contributed by atoms with Gasteiger partial charge in [-0.25, -0.2) is 19.3 Å². The van der Waals surface area contributed by atoms with Crippen molar-refractivity contribution in [2.24, 2.45) is 0 Å². The third-order valence-corrected chi connectivity index (χ3v) is 6.53. The molecule has 0 amide bonds. The van der Waals surface area contributed by atoms with Crippen molar-refractivity contribution in [3.63, 3.8) is 0 Å². The highest BCUT2D eigenvalue weighted by Gasteiger charge is 2.41. The number of anilines is 2. The van der Waals surface area contributed by atoms with Crippen LogP contribution < -0.4 is 16.2 Å². The molecule has 4 aromatic rings. The summed E-state index contributed by atoms with van der Waals surface area (Å²) in [4.78, 5) is 26.6. The normalized spacial score (nSPS) is 15.0. The molecular weight excluding hydrogens is 483 g/mol. The van der Waals surface area contributed by atoms with Crippen LogP contribution in [-0.4, -0.2) is 37.0 Å². The molecular formula is C26H28F3N7O. The standard InChI is InChI=1S/C26H28F3N7O/c1-15(26(27,28)29)35-23(37)19-14-31-24(32-18-9-8-16-10-11-30-13-17(16)12-18)34-22(19)36(35)21-7-5-6-20(33-21)25(2,3)4/h5-9,12,14-15,30H,10-11,13H2,1-4H3,(H,31,32,34). The lowest BCUT2D eigenvalue weighted by molar-refractivity contribution is -0.167. The van der Waals surface area contributed by atoms with E-state index in [0.717, 1.165) is 42.4 Å². The molecule has 0 saturated heterocycles. The number of hydrogen-bond donors (Lipinski definition) is 2. The molecule has 1 aromatic carbocycles. The van der Waals surface area contributed by atoms with Crippen molar-refractivity contribution in [1.29, 1.82) is 0 Å². The molecule has 11 heteroatoms. The Morgan fingerprint density at radius 2 is 1.86 bits per heavy atom. The Bertz CT molecular complexity index is 1530. The van der Waals surface area contributed by atoms with Crippen molar-refractivity contribution >= 4 is 22.7 Å². The van der Waals surface area contributed by atoms with Gasteiger partial charge in [0.1, 0.15) is 11.4 Å². The van der Waals surface area contributed by atoms with Gasteiger partial charge in [0, 0.05) is 29.5 Å². The Balaban J connectivity index is 1.67. The molecule has 0 spiro atoms. The van der Waals surface area contributed by atoms with Gasteiger partial charge in [-0.3, -0.25) is 4.79 Å². The van der Waals surface area contributed by atoms with E-state index in [4.69, 9.17) is 0 Å². The summed E-state index contributed by atoms with van der Waals surface area (Å²) >= 11 is 0. The van der Waals surface area contributed by atoms with Crippen molar-refractivity contribution in [3.05, 3.63) is 69.8 Å². The first kappa shape index (κ1) is 24.9. The highest BCUT2D eigenvalue weighted by Crippen LogP contribution is 2.32. The van der Waals surface area contributed by atoms with Gasteiger partial charge in [0.2, 0.25) is 5.95 Å². The zero-order chi connectivity index (χ0) is 26.5. The number of nitrogens with zero attached hydrogens (tertiary/aromatic N) is 5. The van der Waals surface area contributed by atoms with E-state index in [2.05, 4.69) is 25.6 Å². The highest BCUT2D eigenvalue weighted by molar-refractivity contribution is 5.77. The molecule has 1 aliphatic heterocycles. The van der Waals surface area contributed by atoms with Crippen LogP contribution in [0.3, 0.4) is 0 Å². The molecule has 194 valence electrons. The maximum Gasteiger partial charge on any atom is 0.410 e. The summed E-state index contributed by atoms with van der Waals surface area (Å²) in [6.07, 6.45) is -2.46. The van der Waals surface area contributed by atoms with Crippen molar-refractivity contribution < 1.29 is 13.2 Å². The summed E-state index contributed by atoms with van der Waals surface area (Å²) in [6.45, 7) is 8.48. The number of nitrogens with one attached hydrogen (secondary N) is 2. The maximum absolute atomic E-state index is 13.9. The SMILES string of the molecule is CC(n1c(=O)c2cnc(Nc3ccc4c(c3)CNCC4)nc2n1-c1cccc(C(C)(C)C)n1)C(F)(F)F. The minimum Gasteiger partial charge on any atom is -0.324 e. The second-order valence-corrected chi connectivity index (χ2v) is 10.3. The van der Waals surface area contributed by atoms with Gasteiger partial charge in [0.05, 0.1) is 0 Å². The van der Waals surface area contributed by atoms with Gasteiger partial charge < -0.3 is 10.6 Å². The van der Waals surface area contributed by atoms with E-state index in [1.807, 2.05) is 39.0 Å². The highest BCUT2D eigenvalue weighted by atomic mass is 19.4. The molecule has 4 heterocycles. The lowest BCUT2D eigenvalue weighted by Gasteiger charge is -2.22. The molecule has 0 aliphatic carbocycles. The van der Waals surface area contributed by atoms with Gasteiger partial charge in [-0.15, -0.1) is 0 Å². The molecule has 1 unspecified atom stereocenters. The summed E-state index contributed by atoms with van der Waals surface area (Å²) < 4.78 is 43.4. The second-order valence-electron chi connectivity index (χ2n) is 10.3. The smallest absolute Gasteiger partial charge is 0.324 e. The molecule has 3 aromatic heterocycles. The molecule has 1 atom stereocenters. The van der Waals surface area contributed by atoms with Gasteiger partial charge in [0.15, 0.2) is 11.5 Å². The number of pyridine rings is 1. The van der Waals surface area contributed by atoms with Gasteiger partial charge in [-0.05, 0) is 55.3 Å². The molecule has 0 radical (unpaired) electrons. The van der Waals surface area contributed by atoms with Crippen LogP contribution in [0.1, 0.15) is 50.6 Å². The van der Waals surface area contributed by atoms with E-state index in [1.54, 1.807) is 18.2 Å². The zero-order valence-electron chi connectivity index (χ0n) is 21.0. The summed E-state index contributed by atoms with van der Waals surface area (Å²) in [6, 6.07) is 8.92. The van der Waals surface area contributed by atoms with Crippen LogP contribution in [0.5, 0.6) is 0 Å². The lowest BCUT2D eigenvalue weighted by Crippen LogP contribution is -2.34. The van der Waals surface area contributed by atoms with Crippen molar-refractivity contribution in [3.8, 4) is 5.82 Å². The quantitative estimate of drug-likeness (QED) is 0.410. The number of rotatable bonds is 4. The number of alkyl halides is 3. The van der Waals surface area contributed by atoms with Gasteiger partial charge in [0.25, 0.3) is 5.56 Å². The fraction of sp³-hybridized carbons (Fsp3) is 0.385. The van der Waals surface area contributed by atoms with E-state index in [-0.39, 0.29) is 28.2 Å². The third kappa shape index (κ3) is 4.71. The number of halogens is 3. The van der Waals surface area contributed by atoms with E-state index in [9.17, 15) is 18.0 Å². The van der Waals surface area contributed by atoms with Crippen molar-refractivity contribution in [1.82, 2.24) is 29.6 Å². The van der Waals surface area contributed by atoms with Crippen LogP contribution in [-0.2, 0) is 18.4 Å². The summed E-state index contributed by atoms with van der Waals surface area (Å²) in [5.41, 5.74) is 2.67. The summed E-state index contributed by atoms with van der Waals surface area (Å²) in [5, 5.41) is 6.43. The fourth-order valence-electron chi connectivity index (χ4n) is 4.41. The number of aromatic nitrogens is 5. The molecule has 8 nitrogen and oxygen atoms in total. The Morgan fingerprint density at radius 1 is 1.08 bits per heavy atom. The van der Waals surface area contributed by atoms with E-state index in [1.165, 1.54) is 11.8 Å². The third-order valence-electron chi connectivity index (χ3n) is 6.53. The van der Waals surface area contributed by atoms with Crippen LogP contribution >= 0.6 is 0 Å². The van der Waals surface area contributed by atoms with Gasteiger partial charge in [-0.1, -0.05) is 32.9 Å². The van der Waals surface area contributed by atoms with E-state index < -0.39 is 17.8 Å². The van der Waals surface area contributed by atoms with E-state index >= 15 is 0 Å². The van der Waals surface area contributed by atoms with E-state index in [0.29, 0.717) is 10.4 Å². The summed E-state index contributed by atoms with van der Waals surface area (Å²) in [5.74, 6) is 0.328. The fourth-order valence-corrected chi connectivity index (χ4v) is 4.41. The molecule has 2 N–H and O–H groups in total. The number of benzene rings is 1. The molecule has 5 rings (SSSR count). The Kier molecular flexibility index (Phi) is 6.06. The van der Waals surface area contributed by atoms with Crippen LogP contribution in [0.25, 0.3) is 16.9 Å². The molecule has 37 heavy (non-hydrogen) atoms. The van der Waals surface area contributed by atoms with Gasteiger partial charge in [-0.2, -0.15) is 18.2 Å². The lowest BCUT2D eigenvalue weighted by atomic mass is 9.92. The topological polar surface area (TPSA) is 89.7 Å². The predicted molar refractivity (Wildman–Crippen MR) is 136 cm³/mol. The number of hydrogen-bond acceptors (Lipinski definition) is 6. The first-order valence-electron chi connectivity index (χ1n) is 12.1. The average Bonchev–Trinajstić information content (AvgIpc) is 3.14. The van der Waals surface area contributed by atoms with Crippen LogP contribution in [0.2, 0.25) is 0 Å². The van der Waals surface area contributed by atoms with Crippen LogP contribution in [0.4, 0.5) is 24.8 Å². The Labute approximate surface area is 211 Å². The monoisotopic (exact) mass is 511 g/mol. The first-order chi connectivity index (χ1) is 17.4. The number of fused-ring (bicyclic) bond motifs is 2. The minimum absolute atomic E-state index is 0.0285. The first-order valence-corrected chi connectivity index (χ1v) is 12.1. The summed E-state index contributed by atoms with van der Waals surface area (Å²) in [7, 11) is 0. The molecule has 0 fully saturated rings. The molecule has 0 bridgehead atoms. The Morgan fingerprint density at radius 3 is 2.59 bits per heavy atom. The molecule has 0 saturated carbocycles. The predicted octanol–water partition coefficient (Wildman–Crippen LogP) is 4.79. The second kappa shape index (κ2) is 8.98. The largest absolute Gasteiger partial charge is 0.410 e. The average molecular weight is 512 g/mol. The minimum atomic E-state index is -4.66. The van der Waals surface area contributed by atoms with Crippen LogP contribution in [0, 0.1) is 0 Å². The Hall–Kier alpha value is -3.73. The maximum atomic E-state index is 13.9. The molecule has 1 aliphatic rings. The van der Waals surface area contributed by atoms with Crippen molar-refractivity contribution in [2.75, 3.05) is 11.9 Å². The zero-order valence-corrected chi connectivity index (χ0v) is 21.0. The van der Waals surface area contributed by atoms with Crippen LogP contribution in [0.15, 0.2) is 47.4 Å². The van der Waals surface area contributed by atoms with Gasteiger partial charge >= 0.3 is 6.18 Å². The van der Waals surface area contributed by atoms with Crippen molar-refractivity contribution in [2.45, 2.75) is 58.3 Å².